The van der Waals surface area contributed by atoms with E-state index in [1.807, 2.05) is 42.2 Å². The lowest BCUT2D eigenvalue weighted by Crippen LogP contribution is -2.43. The highest BCUT2D eigenvalue weighted by atomic mass is 32.2. The first-order valence-corrected chi connectivity index (χ1v) is 10.9. The van der Waals surface area contributed by atoms with E-state index in [4.69, 9.17) is 4.74 Å². The second-order valence-electron chi connectivity index (χ2n) is 7.08. The van der Waals surface area contributed by atoms with Crippen LogP contribution in [0.5, 0.6) is 5.75 Å². The van der Waals surface area contributed by atoms with Gasteiger partial charge in [-0.1, -0.05) is 18.2 Å². The molecule has 0 saturated heterocycles. The number of anilines is 1. The Morgan fingerprint density at radius 3 is 2.75 bits per heavy atom. The van der Waals surface area contributed by atoms with Crippen LogP contribution in [0.3, 0.4) is 0 Å². The molecule has 0 aliphatic carbocycles. The molecule has 0 aromatic heterocycles. The molecule has 1 unspecified atom stereocenters. The number of ketones is 1. The second-order valence-corrected chi connectivity index (χ2v) is 8.07. The fraction of sp³-hybridized carbons (Fsp3) is 0.391. The van der Waals surface area contributed by atoms with E-state index in [-0.39, 0.29) is 17.7 Å². The average Bonchev–Trinajstić information content (AvgIpc) is 2.69. The van der Waals surface area contributed by atoms with Gasteiger partial charge < -0.3 is 9.64 Å². The summed E-state index contributed by atoms with van der Waals surface area (Å²) in [5.74, 6) is 1.97. The molecule has 2 aromatic rings. The molecular formula is C23H27NO3S. The number of ether oxygens (including phenoxy) is 1. The normalized spacial score (nSPS) is 15.8. The topological polar surface area (TPSA) is 46.6 Å². The Morgan fingerprint density at radius 1 is 1.21 bits per heavy atom. The van der Waals surface area contributed by atoms with E-state index in [0.717, 1.165) is 29.8 Å². The summed E-state index contributed by atoms with van der Waals surface area (Å²) in [7, 11) is 0. The highest BCUT2D eigenvalue weighted by Crippen LogP contribution is 2.32. The first-order valence-electron chi connectivity index (χ1n) is 9.75. The van der Waals surface area contributed by atoms with E-state index < -0.39 is 0 Å². The van der Waals surface area contributed by atoms with E-state index in [1.165, 1.54) is 5.56 Å². The molecule has 1 heterocycles. The Kier molecular flexibility index (Phi) is 6.79. The molecule has 1 amide bonds. The third kappa shape index (κ3) is 4.58. The second kappa shape index (κ2) is 9.28. The molecule has 2 aromatic carbocycles. The molecule has 0 radical (unpaired) electrons. The van der Waals surface area contributed by atoms with Crippen LogP contribution in [0.4, 0.5) is 5.69 Å². The van der Waals surface area contributed by atoms with Crippen LogP contribution in [0.2, 0.25) is 0 Å². The Hall–Kier alpha value is -2.27. The molecule has 3 rings (SSSR count). The van der Waals surface area contributed by atoms with Crippen molar-refractivity contribution >= 4 is 29.1 Å². The third-order valence-electron chi connectivity index (χ3n) is 5.04. The van der Waals surface area contributed by atoms with Gasteiger partial charge in [0, 0.05) is 28.6 Å². The lowest BCUT2D eigenvalue weighted by Gasteiger charge is -2.35. The van der Waals surface area contributed by atoms with E-state index in [1.54, 1.807) is 24.8 Å². The molecule has 0 N–H and O–H groups in total. The summed E-state index contributed by atoms with van der Waals surface area (Å²) in [6, 6.07) is 13.9. The van der Waals surface area contributed by atoms with Gasteiger partial charge in [-0.05, 0) is 63.4 Å². The molecule has 0 saturated carbocycles. The number of fused-ring (bicyclic) bond motifs is 1. The van der Waals surface area contributed by atoms with Crippen molar-refractivity contribution in [1.29, 1.82) is 0 Å². The van der Waals surface area contributed by atoms with Gasteiger partial charge in [0.2, 0.25) is 5.91 Å². The van der Waals surface area contributed by atoms with Crippen molar-refractivity contribution in [3.63, 3.8) is 0 Å². The SMILES string of the molecule is CCOc1ccc(C(C)=O)cc1CSCC(=O)N1c2ccccc2CCC1C. The maximum absolute atomic E-state index is 13.0. The Balaban J connectivity index is 1.69. The molecule has 1 aliphatic rings. The van der Waals surface area contributed by atoms with Crippen LogP contribution < -0.4 is 9.64 Å². The van der Waals surface area contributed by atoms with Crippen molar-refractivity contribution in [3.05, 3.63) is 59.2 Å². The molecule has 0 fully saturated rings. The molecule has 1 atom stereocenters. The number of hydrogen-bond donors (Lipinski definition) is 0. The number of para-hydroxylation sites is 1. The summed E-state index contributed by atoms with van der Waals surface area (Å²) < 4.78 is 5.69. The summed E-state index contributed by atoms with van der Waals surface area (Å²) >= 11 is 1.56. The lowest BCUT2D eigenvalue weighted by molar-refractivity contribution is -0.116. The predicted octanol–water partition coefficient (Wildman–Crippen LogP) is 4.89. The smallest absolute Gasteiger partial charge is 0.237 e. The molecule has 4 nitrogen and oxygen atoms in total. The summed E-state index contributed by atoms with van der Waals surface area (Å²) in [6.07, 6.45) is 2.01. The number of aryl methyl sites for hydroxylation is 1. The first-order chi connectivity index (χ1) is 13.5. The van der Waals surface area contributed by atoms with Crippen molar-refractivity contribution in [3.8, 4) is 5.75 Å². The molecule has 148 valence electrons. The number of carbonyl (C=O) groups excluding carboxylic acids is 2. The standard InChI is InChI=1S/C23H27NO3S/c1-4-27-22-12-11-19(17(3)25)13-20(22)14-28-15-23(26)24-16(2)9-10-18-7-5-6-8-21(18)24/h5-8,11-13,16H,4,9-10,14-15H2,1-3H3. The van der Waals surface area contributed by atoms with E-state index in [9.17, 15) is 9.59 Å². The molecule has 1 aliphatic heterocycles. The minimum absolute atomic E-state index is 0.0316. The Bertz CT molecular complexity index is 865. The van der Waals surface area contributed by atoms with E-state index in [0.29, 0.717) is 23.7 Å². The summed E-state index contributed by atoms with van der Waals surface area (Å²) in [5, 5.41) is 0. The summed E-state index contributed by atoms with van der Waals surface area (Å²) in [6.45, 7) is 6.18. The van der Waals surface area contributed by atoms with Gasteiger partial charge in [0.05, 0.1) is 12.4 Å². The van der Waals surface area contributed by atoms with Crippen molar-refractivity contribution < 1.29 is 14.3 Å². The van der Waals surface area contributed by atoms with Crippen molar-refractivity contribution in [1.82, 2.24) is 0 Å². The van der Waals surface area contributed by atoms with Crippen LogP contribution in [0, 0.1) is 0 Å². The molecule has 5 heteroatoms. The Labute approximate surface area is 171 Å². The zero-order valence-corrected chi connectivity index (χ0v) is 17.6. The van der Waals surface area contributed by atoms with Gasteiger partial charge in [-0.15, -0.1) is 11.8 Å². The van der Waals surface area contributed by atoms with Crippen LogP contribution >= 0.6 is 11.8 Å². The third-order valence-corrected chi connectivity index (χ3v) is 6.01. The molecule has 0 bridgehead atoms. The summed E-state index contributed by atoms with van der Waals surface area (Å²) in [5.41, 5.74) is 3.91. The minimum atomic E-state index is 0.0316. The van der Waals surface area contributed by atoms with Crippen LogP contribution in [0.1, 0.15) is 48.7 Å². The highest BCUT2D eigenvalue weighted by molar-refractivity contribution is 7.99. The number of Topliss-reactive ketones (excluding diaryl/α,β-unsaturated/α-hetero) is 1. The summed E-state index contributed by atoms with van der Waals surface area (Å²) in [4.78, 5) is 26.6. The van der Waals surface area contributed by atoms with Gasteiger partial charge in [0.15, 0.2) is 5.78 Å². The number of nitrogens with zero attached hydrogens (tertiary/aromatic N) is 1. The maximum Gasteiger partial charge on any atom is 0.237 e. The fourth-order valence-corrected chi connectivity index (χ4v) is 4.45. The molecule has 28 heavy (non-hydrogen) atoms. The molecular weight excluding hydrogens is 370 g/mol. The van der Waals surface area contributed by atoms with Gasteiger partial charge in [0.1, 0.15) is 5.75 Å². The van der Waals surface area contributed by atoms with Crippen LogP contribution in [-0.2, 0) is 17.0 Å². The number of benzene rings is 2. The maximum atomic E-state index is 13.0. The number of hydrogen-bond acceptors (Lipinski definition) is 4. The number of amides is 1. The minimum Gasteiger partial charge on any atom is -0.494 e. The van der Waals surface area contributed by atoms with E-state index in [2.05, 4.69) is 13.0 Å². The van der Waals surface area contributed by atoms with Gasteiger partial charge in [-0.2, -0.15) is 0 Å². The van der Waals surface area contributed by atoms with Gasteiger partial charge >= 0.3 is 0 Å². The predicted molar refractivity (Wildman–Crippen MR) is 115 cm³/mol. The van der Waals surface area contributed by atoms with Gasteiger partial charge in [0.25, 0.3) is 0 Å². The fourth-order valence-electron chi connectivity index (χ4n) is 3.59. The zero-order chi connectivity index (χ0) is 20.1. The van der Waals surface area contributed by atoms with Crippen LogP contribution in [-0.4, -0.2) is 30.1 Å². The number of thioether (sulfide) groups is 1. The first kappa shape index (κ1) is 20.5. The van der Waals surface area contributed by atoms with Crippen molar-refractivity contribution in [2.75, 3.05) is 17.3 Å². The van der Waals surface area contributed by atoms with Gasteiger partial charge in [-0.25, -0.2) is 0 Å². The lowest BCUT2D eigenvalue weighted by atomic mass is 9.97. The van der Waals surface area contributed by atoms with E-state index >= 15 is 0 Å². The van der Waals surface area contributed by atoms with Crippen LogP contribution in [0.25, 0.3) is 0 Å². The molecule has 0 spiro atoms. The monoisotopic (exact) mass is 397 g/mol. The van der Waals surface area contributed by atoms with Crippen molar-refractivity contribution in [2.45, 2.75) is 45.4 Å². The average molecular weight is 398 g/mol. The number of carbonyl (C=O) groups is 2. The zero-order valence-electron chi connectivity index (χ0n) is 16.7. The Morgan fingerprint density at radius 2 is 2.00 bits per heavy atom. The highest BCUT2D eigenvalue weighted by Gasteiger charge is 2.27. The number of rotatable bonds is 7. The van der Waals surface area contributed by atoms with Crippen molar-refractivity contribution in [2.24, 2.45) is 0 Å². The van der Waals surface area contributed by atoms with Crippen LogP contribution in [0.15, 0.2) is 42.5 Å². The quantitative estimate of drug-likeness (QED) is 0.624. The largest absolute Gasteiger partial charge is 0.494 e. The van der Waals surface area contributed by atoms with Gasteiger partial charge in [-0.3, -0.25) is 9.59 Å².